The minimum absolute atomic E-state index is 0. The number of carbonyl (C=O) groups is 1. The van der Waals surface area contributed by atoms with Gasteiger partial charge < -0.3 is 20.3 Å². The molecule has 1 amide bonds. The molecule has 0 unspecified atom stereocenters. The monoisotopic (exact) mass is 365 g/mol. The van der Waals surface area contributed by atoms with Crippen LogP contribution in [0, 0.1) is 5.82 Å². The SMILES string of the molecule is CN1CCN(C(=O)[C@@H]2CC[C@H](CN)O2)c2ccc(F)cc21.Cl.Cl. The lowest BCUT2D eigenvalue weighted by Gasteiger charge is -2.36. The van der Waals surface area contributed by atoms with Crippen LogP contribution < -0.4 is 15.5 Å². The first-order valence-corrected chi connectivity index (χ1v) is 7.27. The van der Waals surface area contributed by atoms with Crippen molar-refractivity contribution in [1.29, 1.82) is 0 Å². The topological polar surface area (TPSA) is 58.8 Å². The molecule has 8 heteroatoms. The molecule has 3 rings (SSSR count). The number of hydrogen-bond donors (Lipinski definition) is 1. The largest absolute Gasteiger partial charge is 0.371 e. The highest BCUT2D eigenvalue weighted by Crippen LogP contribution is 2.34. The number of likely N-dealkylation sites (N-methyl/N-ethyl adjacent to an activating group) is 1. The van der Waals surface area contributed by atoms with Gasteiger partial charge in [-0.2, -0.15) is 0 Å². The van der Waals surface area contributed by atoms with Gasteiger partial charge in [-0.25, -0.2) is 4.39 Å². The summed E-state index contributed by atoms with van der Waals surface area (Å²) in [4.78, 5) is 16.3. The van der Waals surface area contributed by atoms with Gasteiger partial charge >= 0.3 is 0 Å². The van der Waals surface area contributed by atoms with E-state index < -0.39 is 6.10 Å². The summed E-state index contributed by atoms with van der Waals surface area (Å²) in [5.74, 6) is -0.345. The molecule has 2 heterocycles. The Balaban J connectivity index is 0.00000132. The first-order valence-electron chi connectivity index (χ1n) is 7.27. The molecule has 1 aromatic carbocycles. The van der Waals surface area contributed by atoms with Gasteiger partial charge in [0.1, 0.15) is 11.9 Å². The van der Waals surface area contributed by atoms with E-state index in [1.165, 1.54) is 12.1 Å². The van der Waals surface area contributed by atoms with Gasteiger partial charge in [-0.3, -0.25) is 4.79 Å². The Morgan fingerprint density at radius 2 is 2.04 bits per heavy atom. The first kappa shape index (κ1) is 20.0. The molecular formula is C15H22Cl2FN3O2. The Hall–Kier alpha value is -1.08. The van der Waals surface area contributed by atoms with E-state index in [0.717, 1.165) is 17.8 Å². The quantitative estimate of drug-likeness (QED) is 0.870. The number of carbonyl (C=O) groups excluding carboxylic acids is 1. The van der Waals surface area contributed by atoms with Crippen LogP contribution in [0.15, 0.2) is 18.2 Å². The molecule has 2 aliphatic rings. The Bertz CT molecular complexity index is 562. The molecule has 130 valence electrons. The third kappa shape index (κ3) is 3.88. The number of nitrogens with two attached hydrogens (primary N) is 1. The Labute approximate surface area is 147 Å². The zero-order valence-corrected chi connectivity index (χ0v) is 14.5. The number of anilines is 2. The van der Waals surface area contributed by atoms with E-state index in [9.17, 15) is 9.18 Å². The number of halogens is 3. The molecule has 0 spiro atoms. The zero-order chi connectivity index (χ0) is 15.0. The molecular weight excluding hydrogens is 344 g/mol. The van der Waals surface area contributed by atoms with Crippen LogP contribution in [0.1, 0.15) is 12.8 Å². The fraction of sp³-hybridized carbons (Fsp3) is 0.533. The predicted octanol–water partition coefficient (Wildman–Crippen LogP) is 1.96. The smallest absolute Gasteiger partial charge is 0.256 e. The molecule has 1 saturated heterocycles. The second kappa shape index (κ2) is 8.15. The van der Waals surface area contributed by atoms with E-state index in [1.54, 1.807) is 11.0 Å². The fourth-order valence-electron chi connectivity index (χ4n) is 2.98. The van der Waals surface area contributed by atoms with Crippen molar-refractivity contribution in [2.75, 3.05) is 36.5 Å². The predicted molar refractivity (Wildman–Crippen MR) is 93.5 cm³/mol. The molecule has 0 radical (unpaired) electrons. The van der Waals surface area contributed by atoms with Crippen LogP contribution in [0.2, 0.25) is 0 Å². The number of rotatable bonds is 2. The Morgan fingerprint density at radius 3 is 2.70 bits per heavy atom. The number of nitrogens with zero attached hydrogens (tertiary/aromatic N) is 2. The highest BCUT2D eigenvalue weighted by molar-refractivity contribution is 6.00. The van der Waals surface area contributed by atoms with Crippen molar-refractivity contribution in [1.82, 2.24) is 0 Å². The average molecular weight is 366 g/mol. The zero-order valence-electron chi connectivity index (χ0n) is 12.9. The maximum Gasteiger partial charge on any atom is 0.256 e. The fourth-order valence-corrected chi connectivity index (χ4v) is 2.98. The maximum absolute atomic E-state index is 13.4. The molecule has 1 aromatic rings. The Morgan fingerprint density at radius 1 is 1.30 bits per heavy atom. The van der Waals surface area contributed by atoms with Gasteiger partial charge in [0.25, 0.3) is 5.91 Å². The molecule has 0 aliphatic carbocycles. The third-order valence-electron chi connectivity index (χ3n) is 4.21. The highest BCUT2D eigenvalue weighted by atomic mass is 35.5. The molecule has 2 aliphatic heterocycles. The van der Waals surface area contributed by atoms with Crippen LogP contribution in [-0.4, -0.2) is 44.8 Å². The van der Waals surface area contributed by atoms with Crippen LogP contribution in [0.5, 0.6) is 0 Å². The van der Waals surface area contributed by atoms with Gasteiger partial charge in [0.05, 0.1) is 17.5 Å². The second-order valence-electron chi connectivity index (χ2n) is 5.60. The molecule has 5 nitrogen and oxygen atoms in total. The summed E-state index contributed by atoms with van der Waals surface area (Å²) in [7, 11) is 1.90. The van der Waals surface area contributed by atoms with Crippen LogP contribution in [0.3, 0.4) is 0 Å². The van der Waals surface area contributed by atoms with Crippen LogP contribution in [0.25, 0.3) is 0 Å². The summed E-state index contributed by atoms with van der Waals surface area (Å²) in [5, 5.41) is 0. The minimum Gasteiger partial charge on any atom is -0.371 e. The van der Waals surface area contributed by atoms with E-state index in [-0.39, 0.29) is 42.6 Å². The number of hydrogen-bond acceptors (Lipinski definition) is 4. The van der Waals surface area contributed by atoms with Crippen LogP contribution >= 0.6 is 24.8 Å². The maximum atomic E-state index is 13.4. The number of fused-ring (bicyclic) bond motifs is 1. The molecule has 1 fully saturated rings. The van der Waals surface area contributed by atoms with Crippen molar-refractivity contribution in [2.45, 2.75) is 25.0 Å². The third-order valence-corrected chi connectivity index (χ3v) is 4.21. The van der Waals surface area contributed by atoms with Gasteiger partial charge in [0, 0.05) is 26.7 Å². The van der Waals surface area contributed by atoms with E-state index in [1.807, 2.05) is 11.9 Å². The summed E-state index contributed by atoms with van der Waals surface area (Å²) in [5.41, 5.74) is 7.07. The van der Waals surface area contributed by atoms with Gasteiger partial charge in [0.15, 0.2) is 0 Å². The molecule has 0 bridgehead atoms. The highest BCUT2D eigenvalue weighted by Gasteiger charge is 2.35. The molecule has 2 atom stereocenters. The van der Waals surface area contributed by atoms with Crippen LogP contribution in [0.4, 0.5) is 15.8 Å². The summed E-state index contributed by atoms with van der Waals surface area (Å²) >= 11 is 0. The van der Waals surface area contributed by atoms with Crippen molar-refractivity contribution in [3.05, 3.63) is 24.0 Å². The number of benzene rings is 1. The normalized spacial score (nSPS) is 22.9. The van der Waals surface area contributed by atoms with Crippen LogP contribution in [-0.2, 0) is 9.53 Å². The number of ether oxygens (including phenoxy) is 1. The van der Waals surface area contributed by atoms with Crippen molar-refractivity contribution in [2.24, 2.45) is 5.73 Å². The Kier molecular flexibility index (Phi) is 7.07. The lowest BCUT2D eigenvalue weighted by Crippen LogP contribution is -2.47. The molecule has 2 N–H and O–H groups in total. The second-order valence-corrected chi connectivity index (χ2v) is 5.60. The van der Waals surface area contributed by atoms with Crippen molar-refractivity contribution in [3.8, 4) is 0 Å². The van der Waals surface area contributed by atoms with E-state index >= 15 is 0 Å². The molecule has 0 aromatic heterocycles. The van der Waals surface area contributed by atoms with E-state index in [4.69, 9.17) is 10.5 Å². The molecule has 0 saturated carbocycles. The van der Waals surface area contributed by atoms with Gasteiger partial charge in [-0.15, -0.1) is 24.8 Å². The summed E-state index contributed by atoms with van der Waals surface area (Å²) in [6, 6.07) is 4.51. The molecule has 23 heavy (non-hydrogen) atoms. The van der Waals surface area contributed by atoms with Crippen molar-refractivity contribution in [3.63, 3.8) is 0 Å². The number of amides is 1. The lowest BCUT2D eigenvalue weighted by atomic mass is 10.1. The average Bonchev–Trinajstić information content (AvgIpc) is 2.96. The van der Waals surface area contributed by atoms with Gasteiger partial charge in [-0.05, 0) is 31.0 Å². The minimum atomic E-state index is -0.431. The van der Waals surface area contributed by atoms with E-state index in [0.29, 0.717) is 26.1 Å². The van der Waals surface area contributed by atoms with E-state index in [2.05, 4.69) is 0 Å². The summed E-state index contributed by atoms with van der Waals surface area (Å²) < 4.78 is 19.1. The van der Waals surface area contributed by atoms with Crippen molar-refractivity contribution < 1.29 is 13.9 Å². The van der Waals surface area contributed by atoms with Gasteiger partial charge in [0.2, 0.25) is 0 Å². The lowest BCUT2D eigenvalue weighted by molar-refractivity contribution is -0.129. The van der Waals surface area contributed by atoms with Crippen molar-refractivity contribution >= 4 is 42.1 Å². The first-order chi connectivity index (χ1) is 10.1. The summed E-state index contributed by atoms with van der Waals surface area (Å²) in [6.45, 7) is 1.70. The summed E-state index contributed by atoms with van der Waals surface area (Å²) in [6.07, 6.45) is 1.06. The van der Waals surface area contributed by atoms with Gasteiger partial charge in [-0.1, -0.05) is 0 Å². The standard InChI is InChI=1S/C15H20FN3O2.2ClH/c1-18-6-7-19(12-4-2-10(16)8-13(12)18)15(20)14-5-3-11(9-17)21-14;;/h2,4,8,11,14H,3,5-7,9,17H2,1H3;2*1H/t11-,14+;;/m1../s1.